The Bertz CT molecular complexity index is 594. The van der Waals surface area contributed by atoms with E-state index in [1.165, 1.54) is 12.1 Å². The summed E-state index contributed by atoms with van der Waals surface area (Å²) in [6, 6.07) is 5.61. The number of nitrogens with one attached hydrogen (secondary N) is 1. The van der Waals surface area contributed by atoms with Crippen LogP contribution in [-0.2, 0) is 13.5 Å². The van der Waals surface area contributed by atoms with Gasteiger partial charge in [0.1, 0.15) is 5.82 Å². The molecule has 0 aliphatic rings. The summed E-state index contributed by atoms with van der Waals surface area (Å²) in [6.07, 6.45) is 2.45. The van der Waals surface area contributed by atoms with E-state index >= 15 is 0 Å². The maximum atomic E-state index is 13.0. The van der Waals surface area contributed by atoms with Gasteiger partial charge in [-0.1, -0.05) is 0 Å². The number of carbonyl (C=O) groups is 1. The van der Waals surface area contributed by atoms with Gasteiger partial charge in [0.25, 0.3) is 5.91 Å². The van der Waals surface area contributed by atoms with Gasteiger partial charge < -0.3 is 11.1 Å². The van der Waals surface area contributed by atoms with Crippen LogP contribution in [0, 0.1) is 5.82 Å². The van der Waals surface area contributed by atoms with Gasteiger partial charge in [-0.05, 0) is 24.3 Å². The SMILES string of the molecule is Cn1ccc(CCNC(=O)c2cc(F)ccc2N)n1. The first kappa shape index (κ1) is 13.1. The number of carbonyl (C=O) groups excluding carboxylic acids is 1. The minimum absolute atomic E-state index is 0.154. The van der Waals surface area contributed by atoms with E-state index in [4.69, 9.17) is 5.73 Å². The molecule has 1 aromatic heterocycles. The zero-order valence-corrected chi connectivity index (χ0v) is 10.6. The lowest BCUT2D eigenvalue weighted by Gasteiger charge is -2.06. The molecular weight excluding hydrogens is 247 g/mol. The molecule has 0 aliphatic heterocycles. The quantitative estimate of drug-likeness (QED) is 0.811. The number of hydrogen-bond acceptors (Lipinski definition) is 3. The largest absolute Gasteiger partial charge is 0.398 e. The van der Waals surface area contributed by atoms with Crippen LogP contribution in [0.25, 0.3) is 0 Å². The second-order valence-corrected chi connectivity index (χ2v) is 4.22. The first-order valence-corrected chi connectivity index (χ1v) is 5.88. The summed E-state index contributed by atoms with van der Waals surface area (Å²) in [4.78, 5) is 11.8. The fourth-order valence-electron chi connectivity index (χ4n) is 1.72. The van der Waals surface area contributed by atoms with Crippen molar-refractivity contribution in [3.63, 3.8) is 0 Å². The van der Waals surface area contributed by atoms with Crippen molar-refractivity contribution in [3.8, 4) is 0 Å². The molecule has 0 radical (unpaired) electrons. The monoisotopic (exact) mass is 262 g/mol. The fraction of sp³-hybridized carbons (Fsp3) is 0.231. The molecule has 1 amide bonds. The van der Waals surface area contributed by atoms with E-state index in [0.29, 0.717) is 13.0 Å². The van der Waals surface area contributed by atoms with Crippen molar-refractivity contribution in [1.29, 1.82) is 0 Å². The number of aryl methyl sites for hydroxylation is 1. The van der Waals surface area contributed by atoms with Crippen molar-refractivity contribution in [2.45, 2.75) is 6.42 Å². The molecule has 2 aromatic rings. The third-order valence-corrected chi connectivity index (χ3v) is 2.70. The molecule has 6 heteroatoms. The molecule has 3 N–H and O–H groups in total. The summed E-state index contributed by atoms with van der Waals surface area (Å²) in [5, 5.41) is 6.88. The summed E-state index contributed by atoms with van der Waals surface area (Å²) in [5.74, 6) is -0.864. The smallest absolute Gasteiger partial charge is 0.253 e. The van der Waals surface area contributed by atoms with Crippen LogP contribution >= 0.6 is 0 Å². The molecule has 0 saturated heterocycles. The summed E-state index contributed by atoms with van der Waals surface area (Å²) in [7, 11) is 1.83. The molecular formula is C13H15FN4O. The first-order valence-electron chi connectivity index (χ1n) is 5.88. The number of aromatic nitrogens is 2. The van der Waals surface area contributed by atoms with Crippen LogP contribution in [0.5, 0.6) is 0 Å². The molecule has 0 aliphatic carbocycles. The highest BCUT2D eigenvalue weighted by molar-refractivity contribution is 5.99. The molecule has 0 unspecified atom stereocenters. The van der Waals surface area contributed by atoms with Gasteiger partial charge >= 0.3 is 0 Å². The number of rotatable bonds is 4. The molecule has 2 rings (SSSR count). The number of nitrogen functional groups attached to an aromatic ring is 1. The normalized spacial score (nSPS) is 10.4. The Morgan fingerprint density at radius 3 is 2.95 bits per heavy atom. The zero-order chi connectivity index (χ0) is 13.8. The number of halogens is 1. The highest BCUT2D eigenvalue weighted by atomic mass is 19.1. The van der Waals surface area contributed by atoms with Gasteiger partial charge in [-0.25, -0.2) is 4.39 Å². The number of anilines is 1. The van der Waals surface area contributed by atoms with Crippen LogP contribution in [-0.4, -0.2) is 22.2 Å². The van der Waals surface area contributed by atoms with Gasteiger partial charge in [0.15, 0.2) is 0 Å². The minimum atomic E-state index is -0.482. The third kappa shape index (κ3) is 3.31. The van der Waals surface area contributed by atoms with Gasteiger partial charge in [-0.15, -0.1) is 0 Å². The Balaban J connectivity index is 1.92. The van der Waals surface area contributed by atoms with E-state index in [2.05, 4.69) is 10.4 Å². The lowest BCUT2D eigenvalue weighted by Crippen LogP contribution is -2.26. The standard InChI is InChI=1S/C13H15FN4O/c1-18-7-5-10(17-18)4-6-16-13(19)11-8-9(14)2-3-12(11)15/h2-3,5,7-8H,4,6,15H2,1H3,(H,16,19). The van der Waals surface area contributed by atoms with E-state index in [1.54, 1.807) is 4.68 Å². The average molecular weight is 262 g/mol. The molecule has 100 valence electrons. The number of nitrogens with two attached hydrogens (primary N) is 1. The maximum Gasteiger partial charge on any atom is 0.253 e. The summed E-state index contributed by atoms with van der Waals surface area (Å²) < 4.78 is 14.7. The van der Waals surface area contributed by atoms with Gasteiger partial charge in [-0.2, -0.15) is 5.10 Å². The minimum Gasteiger partial charge on any atom is -0.398 e. The molecule has 0 bridgehead atoms. The highest BCUT2D eigenvalue weighted by Crippen LogP contribution is 2.12. The van der Waals surface area contributed by atoms with Crippen molar-refractivity contribution < 1.29 is 9.18 Å². The molecule has 1 heterocycles. The van der Waals surface area contributed by atoms with Gasteiger partial charge in [0.05, 0.1) is 11.3 Å². The Morgan fingerprint density at radius 1 is 1.47 bits per heavy atom. The van der Waals surface area contributed by atoms with E-state index in [9.17, 15) is 9.18 Å². The first-order chi connectivity index (χ1) is 9.06. The van der Waals surface area contributed by atoms with Crippen molar-refractivity contribution >= 4 is 11.6 Å². The lowest BCUT2D eigenvalue weighted by molar-refractivity contribution is 0.0954. The van der Waals surface area contributed by atoms with Crippen molar-refractivity contribution in [1.82, 2.24) is 15.1 Å². The van der Waals surface area contributed by atoms with E-state index in [1.807, 2.05) is 19.3 Å². The van der Waals surface area contributed by atoms with E-state index in [0.717, 1.165) is 11.8 Å². The topological polar surface area (TPSA) is 72.9 Å². The van der Waals surface area contributed by atoms with Crippen LogP contribution in [0.1, 0.15) is 16.1 Å². The highest BCUT2D eigenvalue weighted by Gasteiger charge is 2.10. The Kier molecular flexibility index (Phi) is 3.79. The molecule has 0 saturated carbocycles. The Hall–Kier alpha value is -2.37. The molecule has 19 heavy (non-hydrogen) atoms. The number of benzene rings is 1. The molecule has 0 atom stereocenters. The predicted octanol–water partition coefficient (Wildman–Crippen LogP) is 1.11. The second kappa shape index (κ2) is 5.51. The summed E-state index contributed by atoms with van der Waals surface area (Å²) in [6.45, 7) is 0.422. The molecule has 0 fully saturated rings. The van der Waals surface area contributed by atoms with Gasteiger partial charge in [0.2, 0.25) is 0 Å². The summed E-state index contributed by atoms with van der Waals surface area (Å²) >= 11 is 0. The third-order valence-electron chi connectivity index (χ3n) is 2.70. The maximum absolute atomic E-state index is 13.0. The van der Waals surface area contributed by atoms with Crippen LogP contribution in [0.4, 0.5) is 10.1 Å². The van der Waals surface area contributed by atoms with Crippen molar-refractivity contribution in [3.05, 3.63) is 47.5 Å². The number of amides is 1. The van der Waals surface area contributed by atoms with Crippen LogP contribution < -0.4 is 11.1 Å². The molecule has 0 spiro atoms. The number of nitrogens with zero attached hydrogens (tertiary/aromatic N) is 2. The van der Waals surface area contributed by atoms with Crippen LogP contribution in [0.2, 0.25) is 0 Å². The van der Waals surface area contributed by atoms with E-state index in [-0.39, 0.29) is 17.2 Å². The zero-order valence-electron chi connectivity index (χ0n) is 10.6. The number of hydrogen-bond donors (Lipinski definition) is 2. The van der Waals surface area contributed by atoms with Gasteiger partial charge in [0, 0.05) is 31.9 Å². The van der Waals surface area contributed by atoms with E-state index < -0.39 is 5.82 Å². The molecule has 5 nitrogen and oxygen atoms in total. The molecule has 1 aromatic carbocycles. The van der Waals surface area contributed by atoms with Crippen molar-refractivity contribution in [2.24, 2.45) is 7.05 Å². The second-order valence-electron chi connectivity index (χ2n) is 4.22. The summed E-state index contributed by atoms with van der Waals surface area (Å²) in [5.41, 5.74) is 6.93. The fourth-order valence-corrected chi connectivity index (χ4v) is 1.72. The van der Waals surface area contributed by atoms with Gasteiger partial charge in [-0.3, -0.25) is 9.48 Å². The lowest BCUT2D eigenvalue weighted by atomic mass is 10.1. The average Bonchev–Trinajstić information content (AvgIpc) is 2.78. The van der Waals surface area contributed by atoms with Crippen LogP contribution in [0.15, 0.2) is 30.5 Å². The van der Waals surface area contributed by atoms with Crippen molar-refractivity contribution in [2.75, 3.05) is 12.3 Å². The van der Waals surface area contributed by atoms with Crippen LogP contribution in [0.3, 0.4) is 0 Å². The Labute approximate surface area is 110 Å². The Morgan fingerprint density at radius 2 is 2.26 bits per heavy atom. The predicted molar refractivity (Wildman–Crippen MR) is 70.1 cm³/mol.